The molecule has 0 bridgehead atoms. The summed E-state index contributed by atoms with van der Waals surface area (Å²) in [5, 5.41) is 13.7. The summed E-state index contributed by atoms with van der Waals surface area (Å²) >= 11 is 0. The minimum Gasteiger partial charge on any atom is -0.490 e. The third kappa shape index (κ3) is 3.86. The number of aliphatic hydroxyl groups is 1. The van der Waals surface area contributed by atoms with Crippen LogP contribution >= 0.6 is 0 Å². The van der Waals surface area contributed by atoms with Crippen LogP contribution in [0.4, 0.5) is 0 Å². The third-order valence-corrected chi connectivity index (χ3v) is 4.49. The first-order valence-corrected chi connectivity index (χ1v) is 8.46. The summed E-state index contributed by atoms with van der Waals surface area (Å²) in [6, 6.07) is 16.3. The fraction of sp³-hybridized carbons (Fsp3) is 0.333. The van der Waals surface area contributed by atoms with E-state index in [1.54, 1.807) is 0 Å². The molecule has 0 aromatic heterocycles. The minimum absolute atomic E-state index is 0.195. The van der Waals surface area contributed by atoms with Gasteiger partial charge in [-0.3, -0.25) is 0 Å². The van der Waals surface area contributed by atoms with E-state index in [2.05, 4.69) is 49.5 Å². The molecule has 0 saturated carbocycles. The van der Waals surface area contributed by atoms with Crippen molar-refractivity contribution in [3.8, 4) is 5.75 Å². The molecular formula is C21H25NO2. The lowest BCUT2D eigenvalue weighted by molar-refractivity contribution is 0.0986. The highest BCUT2D eigenvalue weighted by Gasteiger charge is 2.21. The van der Waals surface area contributed by atoms with Crippen molar-refractivity contribution < 1.29 is 9.84 Å². The van der Waals surface area contributed by atoms with Crippen LogP contribution in [0.15, 0.2) is 54.6 Å². The zero-order valence-electron chi connectivity index (χ0n) is 14.3. The van der Waals surface area contributed by atoms with Gasteiger partial charge in [0.1, 0.15) is 18.5 Å². The van der Waals surface area contributed by atoms with Gasteiger partial charge < -0.3 is 15.2 Å². The quantitative estimate of drug-likeness (QED) is 0.819. The highest BCUT2D eigenvalue weighted by Crippen LogP contribution is 2.29. The molecule has 1 unspecified atom stereocenters. The van der Waals surface area contributed by atoms with E-state index in [9.17, 15) is 5.11 Å². The van der Waals surface area contributed by atoms with E-state index >= 15 is 0 Å². The molecule has 2 aromatic rings. The molecule has 0 radical (unpaired) electrons. The van der Waals surface area contributed by atoms with Crippen molar-refractivity contribution in [2.24, 2.45) is 0 Å². The van der Waals surface area contributed by atoms with Crippen LogP contribution in [-0.4, -0.2) is 24.4 Å². The average molecular weight is 323 g/mol. The highest BCUT2D eigenvalue weighted by atomic mass is 16.5. The second-order valence-corrected chi connectivity index (χ2v) is 6.77. The Morgan fingerprint density at radius 1 is 1.12 bits per heavy atom. The van der Waals surface area contributed by atoms with Gasteiger partial charge in [0, 0.05) is 17.6 Å². The first-order valence-electron chi connectivity index (χ1n) is 8.46. The predicted octanol–water partition coefficient (Wildman–Crippen LogP) is 3.52. The zero-order valence-corrected chi connectivity index (χ0v) is 14.3. The van der Waals surface area contributed by atoms with Crippen molar-refractivity contribution in [1.29, 1.82) is 0 Å². The summed E-state index contributed by atoms with van der Waals surface area (Å²) in [6.07, 6.45) is 4.63. The summed E-state index contributed by atoms with van der Waals surface area (Å²) in [4.78, 5) is 0. The predicted molar refractivity (Wildman–Crippen MR) is 98.2 cm³/mol. The molecule has 3 rings (SSSR count). The number of fused-ring (bicyclic) bond motifs is 1. The Balaban J connectivity index is 1.52. The molecular weight excluding hydrogens is 298 g/mol. The fourth-order valence-electron chi connectivity index (χ4n) is 2.96. The number of benzene rings is 2. The maximum Gasteiger partial charge on any atom is 0.126 e. The summed E-state index contributed by atoms with van der Waals surface area (Å²) in [5.74, 6) is 0.850. The van der Waals surface area contributed by atoms with Crippen molar-refractivity contribution in [3.05, 3.63) is 71.3 Å². The van der Waals surface area contributed by atoms with Crippen molar-refractivity contribution in [2.75, 3.05) is 13.2 Å². The minimum atomic E-state index is -0.561. The molecule has 0 heterocycles. The monoisotopic (exact) mass is 323 g/mol. The first-order chi connectivity index (χ1) is 11.6. The fourth-order valence-corrected chi connectivity index (χ4v) is 2.96. The smallest absolute Gasteiger partial charge is 0.126 e. The average Bonchev–Trinajstić information content (AvgIpc) is 3.08. The summed E-state index contributed by atoms with van der Waals surface area (Å²) in [7, 11) is 0. The lowest BCUT2D eigenvalue weighted by Gasteiger charge is -2.28. The van der Waals surface area contributed by atoms with E-state index in [-0.39, 0.29) is 12.1 Å². The summed E-state index contributed by atoms with van der Waals surface area (Å²) < 4.78 is 5.84. The Kier molecular flexibility index (Phi) is 5.03. The lowest BCUT2D eigenvalue weighted by atomic mass is 9.94. The van der Waals surface area contributed by atoms with Crippen LogP contribution in [0, 0.1) is 0 Å². The molecule has 2 N–H and O–H groups in total. The van der Waals surface area contributed by atoms with E-state index in [4.69, 9.17) is 4.74 Å². The number of aliphatic hydroxyl groups excluding tert-OH is 1. The number of ether oxygens (including phenoxy) is 1. The van der Waals surface area contributed by atoms with Crippen molar-refractivity contribution >= 4 is 6.08 Å². The molecule has 126 valence electrons. The maximum absolute atomic E-state index is 10.3. The van der Waals surface area contributed by atoms with Gasteiger partial charge in [-0.2, -0.15) is 0 Å². The van der Waals surface area contributed by atoms with Crippen LogP contribution in [0.3, 0.4) is 0 Å². The van der Waals surface area contributed by atoms with Gasteiger partial charge in [0.05, 0.1) is 0 Å². The van der Waals surface area contributed by atoms with Gasteiger partial charge in [0.2, 0.25) is 0 Å². The third-order valence-electron chi connectivity index (χ3n) is 4.49. The number of hydrogen-bond donors (Lipinski definition) is 2. The number of hydrogen-bond acceptors (Lipinski definition) is 3. The van der Waals surface area contributed by atoms with Crippen LogP contribution < -0.4 is 10.1 Å². The second-order valence-electron chi connectivity index (χ2n) is 6.77. The van der Waals surface area contributed by atoms with Gasteiger partial charge >= 0.3 is 0 Å². The van der Waals surface area contributed by atoms with Crippen molar-refractivity contribution in [2.45, 2.75) is 31.9 Å². The van der Waals surface area contributed by atoms with Gasteiger partial charge in [-0.15, -0.1) is 0 Å². The highest BCUT2D eigenvalue weighted by molar-refractivity contribution is 5.66. The molecule has 1 atom stereocenters. The number of allylic oxidation sites excluding steroid dienone is 1. The van der Waals surface area contributed by atoms with Crippen LogP contribution in [0.5, 0.6) is 5.75 Å². The van der Waals surface area contributed by atoms with Crippen LogP contribution in [0.2, 0.25) is 0 Å². The molecule has 0 amide bonds. The molecule has 1 aliphatic rings. The molecule has 0 saturated heterocycles. The van der Waals surface area contributed by atoms with Gasteiger partial charge in [-0.05, 0) is 37.5 Å². The van der Waals surface area contributed by atoms with Gasteiger partial charge in [-0.25, -0.2) is 0 Å². The molecule has 0 fully saturated rings. The van der Waals surface area contributed by atoms with E-state index in [1.807, 2.05) is 30.3 Å². The van der Waals surface area contributed by atoms with Gasteiger partial charge in [0.25, 0.3) is 0 Å². The zero-order chi connectivity index (χ0) is 17.0. The van der Waals surface area contributed by atoms with E-state index in [0.717, 1.165) is 17.7 Å². The Bertz CT molecular complexity index is 707. The van der Waals surface area contributed by atoms with Crippen LogP contribution in [-0.2, 0) is 12.0 Å². The Morgan fingerprint density at radius 2 is 1.92 bits per heavy atom. The first kappa shape index (κ1) is 16.7. The molecule has 3 nitrogen and oxygen atoms in total. The van der Waals surface area contributed by atoms with Gasteiger partial charge in [0.15, 0.2) is 0 Å². The second kappa shape index (κ2) is 7.20. The summed E-state index contributed by atoms with van der Waals surface area (Å²) in [5.41, 5.74) is 3.43. The van der Waals surface area contributed by atoms with Crippen molar-refractivity contribution in [1.82, 2.24) is 5.32 Å². The SMILES string of the molecule is CC(C)(NCC(O)COc1cccc2c1C=CC2)c1ccccc1. The van der Waals surface area contributed by atoms with Gasteiger partial charge in [-0.1, -0.05) is 54.6 Å². The Hall–Kier alpha value is -2.10. The number of rotatable bonds is 7. The summed E-state index contributed by atoms with van der Waals surface area (Å²) in [6.45, 7) is 4.99. The van der Waals surface area contributed by atoms with Crippen molar-refractivity contribution in [3.63, 3.8) is 0 Å². The largest absolute Gasteiger partial charge is 0.490 e. The molecule has 2 aromatic carbocycles. The molecule has 0 aliphatic heterocycles. The van der Waals surface area contributed by atoms with Crippen LogP contribution in [0.1, 0.15) is 30.5 Å². The van der Waals surface area contributed by atoms with E-state index < -0.39 is 6.10 Å². The maximum atomic E-state index is 10.3. The molecule has 3 heteroatoms. The van der Waals surface area contributed by atoms with E-state index in [1.165, 1.54) is 11.1 Å². The normalized spacial score (nSPS) is 14.5. The molecule has 0 spiro atoms. The topological polar surface area (TPSA) is 41.5 Å². The Morgan fingerprint density at radius 3 is 2.71 bits per heavy atom. The van der Waals surface area contributed by atoms with E-state index in [0.29, 0.717) is 6.54 Å². The number of nitrogens with one attached hydrogen (secondary N) is 1. The Labute approximate surface area is 144 Å². The molecule has 1 aliphatic carbocycles. The molecule has 24 heavy (non-hydrogen) atoms. The van der Waals surface area contributed by atoms with Crippen LogP contribution in [0.25, 0.3) is 6.08 Å². The lowest BCUT2D eigenvalue weighted by Crippen LogP contribution is -2.42. The standard InChI is InChI=1S/C21H25NO2/c1-21(2,17-10-4-3-5-11-17)22-14-18(23)15-24-20-13-7-9-16-8-6-12-19(16)20/h3-7,9-13,18,22-23H,8,14-15H2,1-2H3.